The van der Waals surface area contributed by atoms with Crippen molar-refractivity contribution in [1.82, 2.24) is 10.2 Å². The van der Waals surface area contributed by atoms with Gasteiger partial charge in [0.25, 0.3) is 0 Å². The summed E-state index contributed by atoms with van der Waals surface area (Å²) in [7, 11) is 0. The molecule has 0 aromatic heterocycles. The summed E-state index contributed by atoms with van der Waals surface area (Å²) in [4.78, 5) is 13.2. The number of phenols is 2. The third-order valence-electron chi connectivity index (χ3n) is 8.80. The molecular formula is C40H51N3O5. The van der Waals surface area contributed by atoms with Crippen LogP contribution in [0.25, 0.3) is 0 Å². The summed E-state index contributed by atoms with van der Waals surface area (Å²) in [6.07, 6.45) is 2.13. The topological polar surface area (TPSA) is 114 Å². The number of anilines is 1. The molecule has 4 rings (SSSR count). The fraction of sp³-hybridized carbons (Fsp3) is 0.375. The number of carbonyl (C=O) groups is 1. The first kappa shape index (κ1) is 36.5. The number of rotatable bonds is 19. The molecule has 0 aliphatic carbocycles. The molecular weight excluding hydrogens is 602 g/mol. The number of amides is 1. The van der Waals surface area contributed by atoms with E-state index in [1.165, 1.54) is 11.6 Å². The van der Waals surface area contributed by atoms with Crippen LogP contribution in [-0.2, 0) is 17.6 Å². The average Bonchev–Trinajstić information content (AvgIpc) is 3.07. The van der Waals surface area contributed by atoms with Crippen molar-refractivity contribution in [1.29, 1.82) is 0 Å². The van der Waals surface area contributed by atoms with E-state index >= 15 is 0 Å². The summed E-state index contributed by atoms with van der Waals surface area (Å²) in [5, 5.41) is 37.0. The van der Waals surface area contributed by atoms with E-state index < -0.39 is 6.10 Å². The molecule has 0 saturated heterocycles. The molecule has 5 N–H and O–H groups in total. The Morgan fingerprint density at radius 2 is 1.48 bits per heavy atom. The van der Waals surface area contributed by atoms with Gasteiger partial charge in [-0.05, 0) is 106 Å². The maximum atomic E-state index is 11.0. The Balaban J connectivity index is 1.28. The third-order valence-corrected chi connectivity index (χ3v) is 8.80. The summed E-state index contributed by atoms with van der Waals surface area (Å²) < 4.78 is 6.09. The fourth-order valence-corrected chi connectivity index (χ4v) is 6.18. The number of benzene rings is 4. The van der Waals surface area contributed by atoms with Gasteiger partial charge in [-0.25, -0.2) is 0 Å². The number of aliphatic hydroxyl groups excluding tert-OH is 1. The van der Waals surface area contributed by atoms with Crippen LogP contribution in [0.4, 0.5) is 5.69 Å². The number of hydrogen-bond acceptors (Lipinski definition) is 7. The molecule has 8 nitrogen and oxygen atoms in total. The van der Waals surface area contributed by atoms with Crippen molar-refractivity contribution >= 4 is 12.1 Å². The second kappa shape index (κ2) is 18.2. The smallest absolute Gasteiger partial charge is 0.211 e. The molecule has 8 heteroatoms. The molecule has 0 radical (unpaired) electrons. The highest BCUT2D eigenvalue weighted by Gasteiger charge is 2.22. The van der Waals surface area contributed by atoms with Crippen molar-refractivity contribution < 1.29 is 24.9 Å². The first-order valence-corrected chi connectivity index (χ1v) is 16.9. The molecule has 0 spiro atoms. The molecule has 0 fully saturated rings. The lowest BCUT2D eigenvalue weighted by molar-refractivity contribution is -0.105. The number of nitrogens with zero attached hydrogens (tertiary/aromatic N) is 1. The quantitative estimate of drug-likeness (QED) is 0.0430. The van der Waals surface area contributed by atoms with E-state index in [-0.39, 0.29) is 17.4 Å². The predicted molar refractivity (Wildman–Crippen MR) is 193 cm³/mol. The maximum Gasteiger partial charge on any atom is 0.211 e. The number of carbonyl (C=O) groups excluding carboxylic acids is 1. The Hall–Kier alpha value is -4.37. The van der Waals surface area contributed by atoms with Gasteiger partial charge in [0.2, 0.25) is 6.41 Å². The van der Waals surface area contributed by atoms with Gasteiger partial charge in [-0.1, -0.05) is 60.7 Å². The van der Waals surface area contributed by atoms with E-state index in [1.54, 1.807) is 12.1 Å². The number of aliphatic hydroxyl groups is 1. The summed E-state index contributed by atoms with van der Waals surface area (Å²) in [5.41, 5.74) is 5.31. The van der Waals surface area contributed by atoms with Crippen LogP contribution in [-0.4, -0.2) is 65.0 Å². The molecule has 0 bridgehead atoms. The highest BCUT2D eigenvalue weighted by Crippen LogP contribution is 2.35. The largest absolute Gasteiger partial charge is 0.508 e. The van der Waals surface area contributed by atoms with Gasteiger partial charge in [0.05, 0.1) is 18.4 Å². The molecule has 0 aliphatic heterocycles. The second-order valence-electron chi connectivity index (χ2n) is 12.8. The first-order chi connectivity index (χ1) is 23.2. The molecule has 48 heavy (non-hydrogen) atoms. The van der Waals surface area contributed by atoms with Crippen LogP contribution >= 0.6 is 0 Å². The molecule has 0 aliphatic rings. The van der Waals surface area contributed by atoms with Crippen molar-refractivity contribution in [2.75, 3.05) is 31.6 Å². The number of aromatic hydroxyl groups is 2. The van der Waals surface area contributed by atoms with Crippen LogP contribution in [0.15, 0.2) is 91.0 Å². The Bertz CT molecular complexity index is 1550. The minimum absolute atomic E-state index is 0.0498. The second-order valence-corrected chi connectivity index (χ2v) is 12.8. The van der Waals surface area contributed by atoms with Crippen molar-refractivity contribution in [2.45, 2.75) is 71.1 Å². The molecule has 2 atom stereocenters. The predicted octanol–water partition coefficient (Wildman–Crippen LogP) is 6.79. The Morgan fingerprint density at radius 1 is 0.792 bits per heavy atom. The standard InChI is InChI=1S/C40H51N3O5/c1-28(2)43(29(3)4)22-19-35(32-8-6-5-7-9-32)36-24-31(12-16-38(36)45)20-23-48-34-14-10-30(11-15-34)18-21-41-26-40(47)33-13-17-39(46)37(25-33)42-27-44/h5-17,24-25,27-29,35,40-41,45-47H,18-23,26H2,1-4H3,(H,42,44)/t35-,40?/m1/s1. The van der Waals surface area contributed by atoms with Crippen molar-refractivity contribution in [3.63, 3.8) is 0 Å². The summed E-state index contributed by atoms with van der Waals surface area (Å²) in [6, 6.07) is 30.0. The van der Waals surface area contributed by atoms with Gasteiger partial charge in [-0.3, -0.25) is 9.69 Å². The summed E-state index contributed by atoms with van der Waals surface area (Å²) >= 11 is 0. The van der Waals surface area contributed by atoms with Gasteiger partial charge < -0.3 is 30.7 Å². The minimum atomic E-state index is -0.775. The SMILES string of the molecule is CC(C)N(CC[C@H](c1ccccc1)c1cc(CCOc2ccc(CCNCC(O)c3ccc(O)c(NC=O)c3)cc2)ccc1O)C(C)C. The van der Waals surface area contributed by atoms with Gasteiger partial charge in [0, 0.05) is 36.5 Å². The Labute approximate surface area is 285 Å². The van der Waals surface area contributed by atoms with Gasteiger partial charge >= 0.3 is 0 Å². The van der Waals surface area contributed by atoms with Crippen LogP contribution in [0.1, 0.15) is 74.0 Å². The zero-order chi connectivity index (χ0) is 34.5. The zero-order valence-corrected chi connectivity index (χ0v) is 28.6. The van der Waals surface area contributed by atoms with Gasteiger partial charge in [-0.2, -0.15) is 0 Å². The molecule has 4 aromatic rings. The van der Waals surface area contributed by atoms with Crippen LogP contribution in [0.3, 0.4) is 0 Å². The molecule has 1 unspecified atom stereocenters. The van der Waals surface area contributed by atoms with Gasteiger partial charge in [-0.15, -0.1) is 0 Å². The summed E-state index contributed by atoms with van der Waals surface area (Å²) in [5.74, 6) is 1.17. The lowest BCUT2D eigenvalue weighted by atomic mass is 9.86. The third kappa shape index (κ3) is 10.6. The van der Waals surface area contributed by atoms with E-state index in [4.69, 9.17) is 4.74 Å². The molecule has 256 valence electrons. The lowest BCUT2D eigenvalue weighted by Gasteiger charge is -2.32. The molecule has 0 saturated carbocycles. The van der Waals surface area contributed by atoms with Crippen LogP contribution < -0.4 is 15.4 Å². The monoisotopic (exact) mass is 653 g/mol. The zero-order valence-electron chi connectivity index (χ0n) is 28.6. The summed E-state index contributed by atoms with van der Waals surface area (Å²) in [6.45, 7) is 11.4. The molecule has 1 amide bonds. The normalized spacial score (nSPS) is 12.8. The van der Waals surface area contributed by atoms with Crippen LogP contribution in [0.5, 0.6) is 17.2 Å². The number of phenolic OH excluding ortho intramolecular Hbond substituents is 2. The van der Waals surface area contributed by atoms with E-state index in [0.717, 1.165) is 48.2 Å². The van der Waals surface area contributed by atoms with E-state index in [9.17, 15) is 20.1 Å². The Kier molecular flexibility index (Phi) is 13.9. The van der Waals surface area contributed by atoms with Gasteiger partial charge in [0.1, 0.15) is 17.2 Å². The fourth-order valence-electron chi connectivity index (χ4n) is 6.18. The number of hydrogen-bond donors (Lipinski definition) is 5. The van der Waals surface area contributed by atoms with Crippen LogP contribution in [0, 0.1) is 0 Å². The van der Waals surface area contributed by atoms with Crippen molar-refractivity contribution in [3.05, 3.63) is 119 Å². The van der Waals surface area contributed by atoms with Crippen molar-refractivity contribution in [3.8, 4) is 17.2 Å². The lowest BCUT2D eigenvalue weighted by Crippen LogP contribution is -2.38. The average molecular weight is 654 g/mol. The van der Waals surface area contributed by atoms with Crippen molar-refractivity contribution in [2.24, 2.45) is 0 Å². The maximum absolute atomic E-state index is 11.0. The van der Waals surface area contributed by atoms with E-state index in [1.807, 2.05) is 42.5 Å². The highest BCUT2D eigenvalue weighted by atomic mass is 16.5. The van der Waals surface area contributed by atoms with Gasteiger partial charge in [0.15, 0.2) is 0 Å². The van der Waals surface area contributed by atoms with E-state index in [0.29, 0.717) is 49.5 Å². The Morgan fingerprint density at radius 3 is 2.17 bits per heavy atom. The number of ether oxygens (including phenoxy) is 1. The number of nitrogens with one attached hydrogen (secondary N) is 2. The van der Waals surface area contributed by atoms with Crippen LogP contribution in [0.2, 0.25) is 0 Å². The molecule has 0 heterocycles. The van der Waals surface area contributed by atoms with E-state index in [2.05, 4.69) is 73.6 Å². The highest BCUT2D eigenvalue weighted by molar-refractivity contribution is 5.75. The minimum Gasteiger partial charge on any atom is -0.508 e. The molecule has 4 aromatic carbocycles. The first-order valence-electron chi connectivity index (χ1n) is 16.9.